The number of nitrogens with zero attached hydrogens (tertiary/aromatic N) is 1. The first-order valence-electron chi connectivity index (χ1n) is 10.5. The van der Waals surface area contributed by atoms with Crippen LogP contribution in [-0.2, 0) is 22.6 Å². The Morgan fingerprint density at radius 3 is 2.47 bits per heavy atom. The predicted molar refractivity (Wildman–Crippen MR) is 115 cm³/mol. The smallest absolute Gasteiger partial charge is 0.243 e. The van der Waals surface area contributed by atoms with Crippen molar-refractivity contribution in [2.75, 3.05) is 6.79 Å². The lowest BCUT2D eigenvalue weighted by atomic mass is 10.1. The molecule has 0 unspecified atom stereocenters. The lowest BCUT2D eigenvalue weighted by molar-refractivity contribution is -0.141. The number of carbonyl (C=O) groups excluding carboxylic acids is 2. The van der Waals surface area contributed by atoms with Gasteiger partial charge in [-0.2, -0.15) is 0 Å². The van der Waals surface area contributed by atoms with E-state index in [1.165, 1.54) is 0 Å². The van der Waals surface area contributed by atoms with Crippen LogP contribution in [0.4, 0.5) is 0 Å². The molecule has 1 atom stereocenters. The van der Waals surface area contributed by atoms with E-state index in [2.05, 4.69) is 5.32 Å². The second kappa shape index (κ2) is 10.1. The third kappa shape index (κ3) is 5.53. The van der Waals surface area contributed by atoms with E-state index in [0.29, 0.717) is 31.6 Å². The molecule has 0 aliphatic carbocycles. The molecule has 0 saturated carbocycles. The van der Waals surface area contributed by atoms with Crippen LogP contribution in [0, 0.1) is 0 Å². The molecule has 0 spiro atoms. The Labute approximate surface area is 178 Å². The molecule has 2 aromatic rings. The van der Waals surface area contributed by atoms with Gasteiger partial charge in [0, 0.05) is 19.0 Å². The first-order valence-corrected chi connectivity index (χ1v) is 10.5. The van der Waals surface area contributed by atoms with E-state index in [1.54, 1.807) is 4.90 Å². The molecule has 1 heterocycles. The van der Waals surface area contributed by atoms with E-state index >= 15 is 0 Å². The topological polar surface area (TPSA) is 67.9 Å². The van der Waals surface area contributed by atoms with Crippen LogP contribution in [0.2, 0.25) is 0 Å². The van der Waals surface area contributed by atoms with Gasteiger partial charge in [-0.05, 0) is 49.9 Å². The number of benzene rings is 2. The van der Waals surface area contributed by atoms with Gasteiger partial charge in [-0.1, -0.05) is 43.3 Å². The molecule has 0 saturated heterocycles. The fraction of sp³-hybridized carbons (Fsp3) is 0.417. The maximum atomic E-state index is 13.2. The number of amides is 2. The molecule has 6 heteroatoms. The molecule has 0 bridgehead atoms. The highest BCUT2D eigenvalue weighted by Crippen LogP contribution is 2.32. The number of hydrogen-bond acceptors (Lipinski definition) is 4. The summed E-state index contributed by atoms with van der Waals surface area (Å²) in [4.78, 5) is 27.7. The summed E-state index contributed by atoms with van der Waals surface area (Å²) in [5.41, 5.74) is 2.01. The van der Waals surface area contributed by atoms with Crippen LogP contribution in [0.15, 0.2) is 48.5 Å². The van der Waals surface area contributed by atoms with E-state index < -0.39 is 6.04 Å². The van der Waals surface area contributed by atoms with Crippen molar-refractivity contribution in [3.8, 4) is 11.5 Å². The van der Waals surface area contributed by atoms with E-state index in [-0.39, 0.29) is 24.6 Å². The van der Waals surface area contributed by atoms with Crippen molar-refractivity contribution in [3.63, 3.8) is 0 Å². The summed E-state index contributed by atoms with van der Waals surface area (Å²) >= 11 is 0. The van der Waals surface area contributed by atoms with Crippen LogP contribution in [0.25, 0.3) is 0 Å². The zero-order valence-corrected chi connectivity index (χ0v) is 17.9. The zero-order valence-electron chi connectivity index (χ0n) is 17.9. The van der Waals surface area contributed by atoms with Gasteiger partial charge in [-0.15, -0.1) is 0 Å². The quantitative estimate of drug-likeness (QED) is 0.685. The average Bonchev–Trinajstić information content (AvgIpc) is 3.20. The Balaban J connectivity index is 1.74. The summed E-state index contributed by atoms with van der Waals surface area (Å²) in [6.45, 7) is 6.42. The number of nitrogens with one attached hydrogen (secondary N) is 1. The van der Waals surface area contributed by atoms with Crippen LogP contribution in [0.3, 0.4) is 0 Å². The van der Waals surface area contributed by atoms with Gasteiger partial charge in [0.1, 0.15) is 6.04 Å². The van der Waals surface area contributed by atoms with Crippen LogP contribution in [-0.4, -0.2) is 35.6 Å². The first kappa shape index (κ1) is 21.7. The molecule has 0 radical (unpaired) electrons. The molecule has 6 nitrogen and oxygen atoms in total. The molecule has 1 aliphatic rings. The summed E-state index contributed by atoms with van der Waals surface area (Å²) in [5, 5.41) is 2.95. The fourth-order valence-electron chi connectivity index (χ4n) is 3.57. The highest BCUT2D eigenvalue weighted by molar-refractivity contribution is 5.87. The highest BCUT2D eigenvalue weighted by Gasteiger charge is 2.28. The van der Waals surface area contributed by atoms with Crippen molar-refractivity contribution in [3.05, 3.63) is 59.7 Å². The number of ether oxygens (including phenoxy) is 2. The van der Waals surface area contributed by atoms with Gasteiger partial charge in [0.15, 0.2) is 11.5 Å². The van der Waals surface area contributed by atoms with Crippen molar-refractivity contribution in [1.29, 1.82) is 0 Å². The lowest BCUT2D eigenvalue weighted by Crippen LogP contribution is -2.50. The molecule has 3 rings (SSSR count). The third-order valence-corrected chi connectivity index (χ3v) is 5.08. The van der Waals surface area contributed by atoms with Crippen LogP contribution >= 0.6 is 0 Å². The average molecular weight is 411 g/mol. The molecule has 2 aromatic carbocycles. The normalized spacial score (nSPS) is 13.2. The van der Waals surface area contributed by atoms with Gasteiger partial charge in [-0.25, -0.2) is 0 Å². The number of aryl methyl sites for hydroxylation is 1. The Morgan fingerprint density at radius 1 is 1.03 bits per heavy atom. The van der Waals surface area contributed by atoms with Gasteiger partial charge >= 0.3 is 0 Å². The van der Waals surface area contributed by atoms with Crippen molar-refractivity contribution in [1.82, 2.24) is 10.2 Å². The van der Waals surface area contributed by atoms with Gasteiger partial charge in [0.05, 0.1) is 0 Å². The minimum Gasteiger partial charge on any atom is -0.454 e. The number of hydrogen-bond donors (Lipinski definition) is 1. The SMILES string of the molecule is CC[C@H](C(=O)NC(C)C)N(Cc1ccccc1)C(=O)CCc1ccc2c(c1)OCO2. The second-order valence-electron chi connectivity index (χ2n) is 7.78. The number of carbonyl (C=O) groups is 2. The summed E-state index contributed by atoms with van der Waals surface area (Å²) in [5.74, 6) is 1.29. The van der Waals surface area contributed by atoms with E-state index in [9.17, 15) is 9.59 Å². The van der Waals surface area contributed by atoms with Crippen molar-refractivity contribution in [2.45, 2.75) is 58.7 Å². The molecule has 1 aliphatic heterocycles. The van der Waals surface area contributed by atoms with Crippen molar-refractivity contribution < 1.29 is 19.1 Å². The highest BCUT2D eigenvalue weighted by atomic mass is 16.7. The largest absolute Gasteiger partial charge is 0.454 e. The van der Waals surface area contributed by atoms with Gasteiger partial charge in [-0.3, -0.25) is 9.59 Å². The first-order chi connectivity index (χ1) is 14.5. The van der Waals surface area contributed by atoms with Crippen LogP contribution < -0.4 is 14.8 Å². The van der Waals surface area contributed by atoms with Gasteiger partial charge < -0.3 is 19.7 Å². The van der Waals surface area contributed by atoms with Crippen molar-refractivity contribution in [2.24, 2.45) is 0 Å². The zero-order chi connectivity index (χ0) is 21.5. The second-order valence-corrected chi connectivity index (χ2v) is 7.78. The van der Waals surface area contributed by atoms with Crippen LogP contribution in [0.1, 0.15) is 44.7 Å². The molecule has 0 aromatic heterocycles. The molecule has 160 valence electrons. The summed E-state index contributed by atoms with van der Waals surface area (Å²) < 4.78 is 10.8. The van der Waals surface area contributed by atoms with E-state index in [1.807, 2.05) is 69.3 Å². The Hall–Kier alpha value is -3.02. The molecular weight excluding hydrogens is 380 g/mol. The minimum absolute atomic E-state index is 0.0221. The maximum absolute atomic E-state index is 13.2. The Kier molecular flexibility index (Phi) is 7.33. The Bertz CT molecular complexity index is 867. The molecule has 30 heavy (non-hydrogen) atoms. The molecular formula is C24H30N2O4. The van der Waals surface area contributed by atoms with E-state index in [0.717, 1.165) is 16.9 Å². The number of fused-ring (bicyclic) bond motifs is 1. The van der Waals surface area contributed by atoms with Crippen molar-refractivity contribution >= 4 is 11.8 Å². The number of rotatable bonds is 9. The summed E-state index contributed by atoms with van der Waals surface area (Å²) in [7, 11) is 0. The maximum Gasteiger partial charge on any atom is 0.243 e. The van der Waals surface area contributed by atoms with Crippen LogP contribution in [0.5, 0.6) is 11.5 Å². The van der Waals surface area contributed by atoms with E-state index in [4.69, 9.17) is 9.47 Å². The molecule has 0 fully saturated rings. The Morgan fingerprint density at radius 2 is 1.77 bits per heavy atom. The summed E-state index contributed by atoms with van der Waals surface area (Å²) in [6.07, 6.45) is 1.45. The fourth-order valence-corrected chi connectivity index (χ4v) is 3.57. The lowest BCUT2D eigenvalue weighted by Gasteiger charge is -2.31. The minimum atomic E-state index is -0.503. The van der Waals surface area contributed by atoms with Gasteiger partial charge in [0.2, 0.25) is 18.6 Å². The predicted octanol–water partition coefficient (Wildman–Crippen LogP) is 3.68. The summed E-state index contributed by atoms with van der Waals surface area (Å²) in [6, 6.07) is 15.0. The van der Waals surface area contributed by atoms with Gasteiger partial charge in [0.25, 0.3) is 0 Å². The standard InChI is InChI=1S/C24H30N2O4/c1-4-20(24(28)25-17(2)3)26(15-19-8-6-5-7-9-19)23(27)13-11-18-10-12-21-22(14-18)30-16-29-21/h5-10,12,14,17,20H,4,11,13,15-16H2,1-3H3,(H,25,28)/t20-/m1/s1. The molecule has 2 amide bonds. The third-order valence-electron chi connectivity index (χ3n) is 5.08. The monoisotopic (exact) mass is 410 g/mol. The molecule has 1 N–H and O–H groups in total.